The second-order valence-corrected chi connectivity index (χ2v) is 4.63. The Labute approximate surface area is 131 Å². The Morgan fingerprint density at radius 1 is 1.22 bits per heavy atom. The molecule has 0 atom stereocenters. The van der Waals surface area contributed by atoms with E-state index in [1.165, 1.54) is 17.0 Å². The molecule has 0 aliphatic carbocycles. The van der Waals surface area contributed by atoms with E-state index in [1.807, 2.05) is 0 Å². The van der Waals surface area contributed by atoms with Crippen LogP contribution in [0.25, 0.3) is 0 Å². The van der Waals surface area contributed by atoms with Crippen LogP contribution in [0.1, 0.15) is 11.1 Å². The minimum atomic E-state index is -0.351. The Hall–Kier alpha value is -3.22. The second kappa shape index (κ2) is 6.69. The Balaban J connectivity index is 1.88. The van der Waals surface area contributed by atoms with Crippen LogP contribution in [0.5, 0.6) is 5.88 Å². The molecule has 0 bridgehead atoms. The van der Waals surface area contributed by atoms with Gasteiger partial charge in [0.15, 0.2) is 5.84 Å². The molecule has 0 unspecified atom stereocenters. The maximum Gasteiger partial charge on any atom is 0.224 e. The number of nitrogens with zero attached hydrogens (tertiary/aromatic N) is 4. The minimum Gasteiger partial charge on any atom is -0.472 e. The topological polar surface area (TPSA) is 72.5 Å². The van der Waals surface area contributed by atoms with Crippen LogP contribution in [-0.2, 0) is 6.61 Å². The zero-order chi connectivity index (χ0) is 16.1. The molecule has 23 heavy (non-hydrogen) atoms. The van der Waals surface area contributed by atoms with E-state index < -0.39 is 0 Å². The van der Waals surface area contributed by atoms with Crippen LogP contribution in [-0.4, -0.2) is 25.6 Å². The number of ether oxygens (including phenoxy) is 1. The van der Waals surface area contributed by atoms with E-state index in [1.54, 1.807) is 48.9 Å². The normalized spacial score (nSPS) is 11.4. The van der Waals surface area contributed by atoms with Crippen molar-refractivity contribution in [1.29, 1.82) is 0 Å². The largest absolute Gasteiger partial charge is 0.472 e. The Morgan fingerprint density at radius 2 is 2.09 bits per heavy atom. The number of oxime groups is 1. The number of hydrogen-bond donors (Lipinski definition) is 1. The molecule has 116 valence electrons. The van der Waals surface area contributed by atoms with E-state index in [0.29, 0.717) is 11.1 Å². The number of imidazole rings is 1. The summed E-state index contributed by atoms with van der Waals surface area (Å²) in [6.07, 6.45) is 6.22. The van der Waals surface area contributed by atoms with Crippen LogP contribution < -0.4 is 4.74 Å². The molecule has 3 aromatic rings. The predicted molar refractivity (Wildman–Crippen MR) is 80.9 cm³/mol. The summed E-state index contributed by atoms with van der Waals surface area (Å²) in [7, 11) is 0. The lowest BCUT2D eigenvalue weighted by atomic mass is 10.2. The zero-order valence-electron chi connectivity index (χ0n) is 12.0. The number of pyridine rings is 1. The van der Waals surface area contributed by atoms with Gasteiger partial charge in [0.05, 0.1) is 5.56 Å². The predicted octanol–water partition coefficient (Wildman–Crippen LogP) is 2.68. The lowest BCUT2D eigenvalue weighted by molar-refractivity contribution is 0.286. The zero-order valence-corrected chi connectivity index (χ0v) is 12.0. The van der Waals surface area contributed by atoms with Crippen molar-refractivity contribution in [2.75, 3.05) is 0 Å². The van der Waals surface area contributed by atoms with Gasteiger partial charge in [-0.1, -0.05) is 23.4 Å². The van der Waals surface area contributed by atoms with Crippen molar-refractivity contribution in [3.05, 3.63) is 78.3 Å². The average molecular weight is 312 g/mol. The molecule has 0 fully saturated rings. The van der Waals surface area contributed by atoms with Crippen LogP contribution in [0, 0.1) is 5.82 Å². The molecule has 0 aliphatic heterocycles. The van der Waals surface area contributed by atoms with Gasteiger partial charge >= 0.3 is 0 Å². The molecule has 2 heterocycles. The fourth-order valence-corrected chi connectivity index (χ4v) is 2.07. The monoisotopic (exact) mass is 312 g/mol. The van der Waals surface area contributed by atoms with Gasteiger partial charge in [0.1, 0.15) is 18.8 Å². The van der Waals surface area contributed by atoms with Crippen molar-refractivity contribution in [2.45, 2.75) is 6.61 Å². The van der Waals surface area contributed by atoms with Crippen molar-refractivity contribution >= 4 is 5.84 Å². The van der Waals surface area contributed by atoms with Gasteiger partial charge in [0, 0.05) is 24.2 Å². The molecule has 6 nitrogen and oxygen atoms in total. The minimum absolute atomic E-state index is 0.0132. The maximum atomic E-state index is 13.7. The SMILES string of the molecule is O/N=C(/c1cccnc1OCc1ccccc1F)n1ccnc1. The van der Waals surface area contributed by atoms with E-state index in [0.717, 1.165) is 0 Å². The Kier molecular flexibility index (Phi) is 4.28. The lowest BCUT2D eigenvalue weighted by Gasteiger charge is -2.11. The van der Waals surface area contributed by atoms with E-state index in [2.05, 4.69) is 15.1 Å². The van der Waals surface area contributed by atoms with Gasteiger partial charge in [-0.25, -0.2) is 14.4 Å². The van der Waals surface area contributed by atoms with Crippen molar-refractivity contribution in [3.63, 3.8) is 0 Å². The quantitative estimate of drug-likeness (QED) is 0.348. The molecule has 0 saturated carbocycles. The number of benzene rings is 1. The summed E-state index contributed by atoms with van der Waals surface area (Å²) in [6.45, 7) is 0.0132. The molecular formula is C16H13FN4O2. The maximum absolute atomic E-state index is 13.7. The molecule has 0 spiro atoms. The standard InChI is InChI=1S/C16H13FN4O2/c17-14-6-2-1-4-12(14)10-23-16-13(5-3-7-19-16)15(20-22)21-9-8-18-11-21/h1-9,11,22H,10H2/b20-15-. The fourth-order valence-electron chi connectivity index (χ4n) is 2.07. The van der Waals surface area contributed by atoms with Crippen molar-refractivity contribution in [1.82, 2.24) is 14.5 Å². The number of rotatable bonds is 4. The molecule has 0 amide bonds. The van der Waals surface area contributed by atoms with Crippen LogP contribution in [0.4, 0.5) is 4.39 Å². The highest BCUT2D eigenvalue weighted by Crippen LogP contribution is 2.19. The fraction of sp³-hybridized carbons (Fsp3) is 0.0625. The van der Waals surface area contributed by atoms with Crippen molar-refractivity contribution < 1.29 is 14.3 Å². The highest BCUT2D eigenvalue weighted by molar-refractivity contribution is 6.01. The summed E-state index contributed by atoms with van der Waals surface area (Å²) in [5, 5.41) is 12.6. The summed E-state index contributed by atoms with van der Waals surface area (Å²) in [5.74, 6) is 0.0898. The highest BCUT2D eigenvalue weighted by Gasteiger charge is 2.14. The molecule has 0 saturated heterocycles. The Morgan fingerprint density at radius 3 is 2.83 bits per heavy atom. The average Bonchev–Trinajstić information content (AvgIpc) is 3.10. The second-order valence-electron chi connectivity index (χ2n) is 4.63. The van der Waals surface area contributed by atoms with Gasteiger partial charge in [-0.2, -0.15) is 0 Å². The summed E-state index contributed by atoms with van der Waals surface area (Å²) in [4.78, 5) is 8.04. The van der Waals surface area contributed by atoms with Gasteiger partial charge in [0.2, 0.25) is 5.88 Å². The van der Waals surface area contributed by atoms with Crippen LogP contribution in [0.15, 0.2) is 66.5 Å². The summed E-state index contributed by atoms with van der Waals surface area (Å²) in [5.41, 5.74) is 0.874. The molecule has 3 rings (SSSR count). The van der Waals surface area contributed by atoms with E-state index in [9.17, 15) is 9.60 Å². The molecule has 0 radical (unpaired) electrons. The first-order valence-electron chi connectivity index (χ1n) is 6.81. The Bertz CT molecular complexity index is 818. The van der Waals surface area contributed by atoms with Gasteiger partial charge in [-0.15, -0.1) is 0 Å². The van der Waals surface area contributed by atoms with Gasteiger partial charge in [-0.3, -0.25) is 4.57 Å². The highest BCUT2D eigenvalue weighted by atomic mass is 19.1. The van der Waals surface area contributed by atoms with Crippen LogP contribution in [0.3, 0.4) is 0 Å². The van der Waals surface area contributed by atoms with Crippen LogP contribution >= 0.6 is 0 Å². The van der Waals surface area contributed by atoms with Crippen LogP contribution in [0.2, 0.25) is 0 Å². The summed E-state index contributed by atoms with van der Waals surface area (Å²) >= 11 is 0. The van der Waals surface area contributed by atoms with E-state index in [4.69, 9.17) is 4.74 Å². The van der Waals surface area contributed by atoms with Gasteiger partial charge in [-0.05, 0) is 18.2 Å². The lowest BCUT2D eigenvalue weighted by Crippen LogP contribution is -2.14. The van der Waals surface area contributed by atoms with Gasteiger partial charge in [0.25, 0.3) is 0 Å². The van der Waals surface area contributed by atoms with Gasteiger partial charge < -0.3 is 9.94 Å². The number of halogens is 1. The smallest absolute Gasteiger partial charge is 0.224 e. The first-order chi connectivity index (χ1) is 11.3. The molecular weight excluding hydrogens is 299 g/mol. The molecule has 2 aromatic heterocycles. The van der Waals surface area contributed by atoms with Crippen molar-refractivity contribution in [2.24, 2.45) is 5.16 Å². The molecule has 0 aliphatic rings. The third kappa shape index (κ3) is 3.18. The number of aromatic nitrogens is 3. The third-order valence-electron chi connectivity index (χ3n) is 3.18. The summed E-state index contributed by atoms with van der Waals surface area (Å²) < 4.78 is 20.8. The molecule has 1 N–H and O–H groups in total. The first-order valence-corrected chi connectivity index (χ1v) is 6.81. The van der Waals surface area contributed by atoms with Crippen molar-refractivity contribution in [3.8, 4) is 5.88 Å². The van der Waals surface area contributed by atoms with E-state index in [-0.39, 0.29) is 24.1 Å². The summed E-state index contributed by atoms with van der Waals surface area (Å²) in [6, 6.07) is 9.72. The molecule has 1 aromatic carbocycles. The van der Waals surface area contributed by atoms with E-state index >= 15 is 0 Å². The first kappa shape index (κ1) is 14.7. The third-order valence-corrected chi connectivity index (χ3v) is 3.18. The number of hydrogen-bond acceptors (Lipinski definition) is 5. The molecule has 7 heteroatoms.